The third kappa shape index (κ3) is 3.05. The molecule has 0 bridgehead atoms. The lowest BCUT2D eigenvalue weighted by atomic mass is 9.74. The van der Waals surface area contributed by atoms with Crippen molar-refractivity contribution in [2.45, 2.75) is 37.6 Å². The molecule has 0 atom stereocenters. The summed E-state index contributed by atoms with van der Waals surface area (Å²) in [7, 11) is 0. The first-order valence-electron chi connectivity index (χ1n) is 5.73. The topological polar surface area (TPSA) is 43.1 Å². The fraction of sp³-hybridized carbons (Fsp3) is 0.462. The smallest absolute Gasteiger partial charge is 0.139 e. The van der Waals surface area contributed by atoms with Crippen LogP contribution in [0.2, 0.25) is 5.02 Å². The first-order chi connectivity index (χ1) is 7.98. The van der Waals surface area contributed by atoms with Gasteiger partial charge in [-0.2, -0.15) is 0 Å². The molecule has 0 radical (unpaired) electrons. The van der Waals surface area contributed by atoms with Crippen molar-refractivity contribution < 1.29 is 9.18 Å². The van der Waals surface area contributed by atoms with Crippen LogP contribution < -0.4 is 5.73 Å². The second-order valence-corrected chi connectivity index (χ2v) is 5.25. The van der Waals surface area contributed by atoms with E-state index in [9.17, 15) is 9.18 Å². The number of benzene rings is 1. The lowest BCUT2D eigenvalue weighted by molar-refractivity contribution is -0.120. The Bertz CT molecular complexity index is 443. The van der Waals surface area contributed by atoms with E-state index >= 15 is 0 Å². The van der Waals surface area contributed by atoms with Crippen molar-refractivity contribution >= 4 is 17.4 Å². The molecular formula is C13H15ClFNO. The quantitative estimate of drug-likeness (QED) is 0.899. The number of halogens is 2. The van der Waals surface area contributed by atoms with E-state index in [0.29, 0.717) is 17.0 Å². The molecule has 1 aromatic carbocycles. The maximum atomic E-state index is 13.0. The summed E-state index contributed by atoms with van der Waals surface area (Å²) in [6.07, 6.45) is 3.41. The second kappa shape index (κ2) is 4.75. The Morgan fingerprint density at radius 2 is 2.18 bits per heavy atom. The predicted molar refractivity (Wildman–Crippen MR) is 65.5 cm³/mol. The fourth-order valence-corrected chi connectivity index (χ4v) is 2.34. The van der Waals surface area contributed by atoms with Crippen LogP contribution >= 0.6 is 11.6 Å². The van der Waals surface area contributed by atoms with Crippen LogP contribution in [0.1, 0.15) is 31.2 Å². The second-order valence-electron chi connectivity index (χ2n) is 4.84. The van der Waals surface area contributed by atoms with Crippen molar-refractivity contribution in [1.29, 1.82) is 0 Å². The van der Waals surface area contributed by atoms with Crippen LogP contribution in [-0.4, -0.2) is 11.3 Å². The lowest BCUT2D eigenvalue weighted by Crippen LogP contribution is -2.48. The molecule has 1 fully saturated rings. The van der Waals surface area contributed by atoms with Crippen molar-refractivity contribution in [2.75, 3.05) is 0 Å². The monoisotopic (exact) mass is 255 g/mol. The zero-order valence-corrected chi connectivity index (χ0v) is 10.3. The van der Waals surface area contributed by atoms with Gasteiger partial charge in [0.15, 0.2) is 0 Å². The number of carbonyl (C=O) groups is 1. The number of nitrogens with two attached hydrogens (primary N) is 1. The summed E-state index contributed by atoms with van der Waals surface area (Å²) in [6.45, 7) is 0. The highest BCUT2D eigenvalue weighted by Crippen LogP contribution is 2.32. The summed E-state index contributed by atoms with van der Waals surface area (Å²) < 4.78 is 13.0. The summed E-state index contributed by atoms with van der Waals surface area (Å²) in [5, 5.41) is 0.430. The third-order valence-corrected chi connectivity index (χ3v) is 3.66. The zero-order valence-electron chi connectivity index (χ0n) is 9.51. The molecule has 0 amide bonds. The molecule has 2 N–H and O–H groups in total. The molecule has 2 nitrogen and oxygen atoms in total. The maximum Gasteiger partial charge on any atom is 0.139 e. The number of carbonyl (C=O) groups excluding carboxylic acids is 1. The van der Waals surface area contributed by atoms with Crippen molar-refractivity contribution in [1.82, 2.24) is 0 Å². The van der Waals surface area contributed by atoms with E-state index in [0.717, 1.165) is 19.3 Å². The van der Waals surface area contributed by atoms with E-state index < -0.39 is 0 Å². The van der Waals surface area contributed by atoms with Crippen LogP contribution in [-0.2, 0) is 11.2 Å². The average molecular weight is 256 g/mol. The van der Waals surface area contributed by atoms with Crippen LogP contribution in [0, 0.1) is 5.82 Å². The fourth-order valence-electron chi connectivity index (χ4n) is 2.15. The SMILES string of the molecule is NC1(CC(=O)Cc2cc(F)ccc2Cl)CCC1. The van der Waals surface area contributed by atoms with Gasteiger partial charge in [0, 0.05) is 23.4 Å². The molecule has 1 aromatic rings. The maximum absolute atomic E-state index is 13.0. The van der Waals surface area contributed by atoms with Crippen LogP contribution in [0.15, 0.2) is 18.2 Å². The Kier molecular flexibility index (Phi) is 3.50. The van der Waals surface area contributed by atoms with Gasteiger partial charge in [-0.3, -0.25) is 4.79 Å². The van der Waals surface area contributed by atoms with E-state index in [1.165, 1.54) is 18.2 Å². The van der Waals surface area contributed by atoms with E-state index in [4.69, 9.17) is 17.3 Å². The van der Waals surface area contributed by atoms with Crippen LogP contribution in [0.4, 0.5) is 4.39 Å². The highest BCUT2D eigenvalue weighted by molar-refractivity contribution is 6.31. The minimum atomic E-state index is -0.372. The number of ketones is 1. The van der Waals surface area contributed by atoms with Crippen molar-refractivity contribution in [2.24, 2.45) is 5.73 Å². The zero-order chi connectivity index (χ0) is 12.5. The Morgan fingerprint density at radius 1 is 1.47 bits per heavy atom. The molecule has 4 heteroatoms. The molecule has 0 unspecified atom stereocenters. The Labute approximate surface area is 105 Å². The van der Waals surface area contributed by atoms with E-state index in [1.807, 2.05) is 0 Å². The van der Waals surface area contributed by atoms with Gasteiger partial charge < -0.3 is 5.73 Å². The molecule has 17 heavy (non-hydrogen) atoms. The molecular weight excluding hydrogens is 241 g/mol. The first kappa shape index (κ1) is 12.5. The average Bonchev–Trinajstić information content (AvgIpc) is 2.21. The van der Waals surface area contributed by atoms with Gasteiger partial charge in [-0.05, 0) is 43.0 Å². The predicted octanol–water partition coefficient (Wildman–Crippen LogP) is 2.86. The van der Waals surface area contributed by atoms with Gasteiger partial charge in [0.05, 0.1) is 0 Å². The van der Waals surface area contributed by atoms with Gasteiger partial charge in [0.25, 0.3) is 0 Å². The molecule has 92 valence electrons. The van der Waals surface area contributed by atoms with E-state index in [-0.39, 0.29) is 23.6 Å². The van der Waals surface area contributed by atoms with Crippen LogP contribution in [0.3, 0.4) is 0 Å². The summed E-state index contributed by atoms with van der Waals surface area (Å²) in [6, 6.07) is 4.07. The van der Waals surface area contributed by atoms with E-state index in [1.54, 1.807) is 0 Å². The number of hydrogen-bond donors (Lipinski definition) is 1. The molecule has 1 saturated carbocycles. The van der Waals surface area contributed by atoms with Gasteiger partial charge in [-0.25, -0.2) is 4.39 Å². The van der Waals surface area contributed by atoms with Gasteiger partial charge in [0.2, 0.25) is 0 Å². The van der Waals surface area contributed by atoms with Crippen molar-refractivity contribution in [3.05, 3.63) is 34.6 Å². The molecule has 0 spiro atoms. The summed E-state index contributed by atoms with van der Waals surface area (Å²) >= 11 is 5.91. The molecule has 2 rings (SSSR count). The third-order valence-electron chi connectivity index (χ3n) is 3.29. The van der Waals surface area contributed by atoms with Gasteiger partial charge in [-0.15, -0.1) is 0 Å². The standard InChI is InChI=1S/C13H15ClFNO/c14-12-3-2-10(15)6-9(12)7-11(17)8-13(16)4-1-5-13/h2-3,6H,1,4-5,7-8,16H2. The number of hydrogen-bond acceptors (Lipinski definition) is 2. The highest BCUT2D eigenvalue weighted by Gasteiger charge is 2.34. The number of rotatable bonds is 4. The molecule has 0 heterocycles. The minimum Gasteiger partial charge on any atom is -0.325 e. The molecule has 0 aromatic heterocycles. The van der Waals surface area contributed by atoms with Crippen LogP contribution in [0.5, 0.6) is 0 Å². The summed E-state index contributed by atoms with van der Waals surface area (Å²) in [4.78, 5) is 11.8. The first-order valence-corrected chi connectivity index (χ1v) is 6.11. The normalized spacial score (nSPS) is 17.6. The molecule has 1 aliphatic carbocycles. The largest absolute Gasteiger partial charge is 0.325 e. The van der Waals surface area contributed by atoms with Gasteiger partial charge in [-0.1, -0.05) is 11.6 Å². The Balaban J connectivity index is 2.00. The van der Waals surface area contributed by atoms with Gasteiger partial charge >= 0.3 is 0 Å². The summed E-state index contributed by atoms with van der Waals surface area (Å²) in [5.74, 6) is -0.344. The highest BCUT2D eigenvalue weighted by atomic mass is 35.5. The molecule has 0 aliphatic heterocycles. The minimum absolute atomic E-state index is 0.0275. The lowest BCUT2D eigenvalue weighted by Gasteiger charge is -2.37. The van der Waals surface area contributed by atoms with Crippen molar-refractivity contribution in [3.63, 3.8) is 0 Å². The van der Waals surface area contributed by atoms with E-state index in [2.05, 4.69) is 0 Å². The Hall–Kier alpha value is -0.930. The van der Waals surface area contributed by atoms with Gasteiger partial charge in [0.1, 0.15) is 11.6 Å². The Morgan fingerprint density at radius 3 is 2.76 bits per heavy atom. The van der Waals surface area contributed by atoms with Crippen LogP contribution in [0.25, 0.3) is 0 Å². The number of Topliss-reactive ketones (excluding diaryl/α,β-unsaturated/α-hetero) is 1. The van der Waals surface area contributed by atoms with Crippen molar-refractivity contribution in [3.8, 4) is 0 Å². The molecule has 1 aliphatic rings. The molecule has 0 saturated heterocycles. The summed E-state index contributed by atoms with van der Waals surface area (Å²) in [5.41, 5.74) is 6.22.